The van der Waals surface area contributed by atoms with E-state index in [1.165, 1.54) is 21.7 Å². The monoisotopic (exact) mass is 310 g/mol. The largest absolute Gasteiger partial charge is 0.370 e. The summed E-state index contributed by atoms with van der Waals surface area (Å²) in [5.41, 5.74) is 1.45. The molecule has 1 atom stereocenters. The molecule has 1 aliphatic heterocycles. The first kappa shape index (κ1) is 16.9. The molecular weight excluding hydrogens is 280 g/mol. The molecule has 0 saturated carbocycles. The first-order valence-electron chi connectivity index (χ1n) is 8.08. The van der Waals surface area contributed by atoms with E-state index in [9.17, 15) is 0 Å². The van der Waals surface area contributed by atoms with Crippen LogP contribution < -0.4 is 5.32 Å². The summed E-state index contributed by atoms with van der Waals surface area (Å²) in [4.78, 5) is 5.45. The molecule has 120 valence electrons. The predicted octanol–water partition coefficient (Wildman–Crippen LogP) is 3.56. The minimum Gasteiger partial charge on any atom is -0.370 e. The van der Waals surface area contributed by atoms with Crippen LogP contribution in [0.1, 0.15) is 49.4 Å². The molecule has 1 aliphatic rings. The van der Waals surface area contributed by atoms with Crippen molar-refractivity contribution in [2.75, 3.05) is 19.6 Å². The summed E-state index contributed by atoms with van der Waals surface area (Å²) in [5, 5.41) is 3.49. The molecule has 3 nitrogen and oxygen atoms in total. The third-order valence-corrected chi connectivity index (χ3v) is 4.92. The lowest BCUT2D eigenvalue weighted by Gasteiger charge is -2.41. The second-order valence-corrected chi connectivity index (χ2v) is 8.17. The van der Waals surface area contributed by atoms with Gasteiger partial charge >= 0.3 is 0 Å². The molecule has 0 aromatic carbocycles. The average Bonchev–Trinajstić information content (AvgIpc) is 2.67. The third-order valence-electron chi connectivity index (χ3n) is 3.83. The molecule has 1 fully saturated rings. The van der Waals surface area contributed by atoms with Gasteiger partial charge in [-0.3, -0.25) is 4.90 Å². The highest BCUT2D eigenvalue weighted by Gasteiger charge is 2.31. The molecule has 4 heteroatoms. The average molecular weight is 311 g/mol. The molecule has 2 rings (SSSR count). The molecule has 1 unspecified atom stereocenters. The predicted molar refractivity (Wildman–Crippen MR) is 91.0 cm³/mol. The lowest BCUT2D eigenvalue weighted by molar-refractivity contribution is -0.130. The number of ether oxygens (including phenoxy) is 1. The minimum atomic E-state index is -0.0346. The SMILES string of the molecule is CCCNCc1cc(CN2CC(C)OC(C)(C)C2)c(C)s1. The summed E-state index contributed by atoms with van der Waals surface area (Å²) < 4.78 is 5.99. The van der Waals surface area contributed by atoms with Gasteiger partial charge in [0.1, 0.15) is 0 Å². The Bertz CT molecular complexity index is 456. The Morgan fingerprint density at radius 1 is 1.48 bits per heavy atom. The first-order chi connectivity index (χ1) is 9.89. The molecular formula is C17H30N2OS. The van der Waals surface area contributed by atoms with Crippen LogP contribution in [0.4, 0.5) is 0 Å². The Hall–Kier alpha value is -0.420. The number of hydrogen-bond acceptors (Lipinski definition) is 4. The topological polar surface area (TPSA) is 24.5 Å². The zero-order chi connectivity index (χ0) is 15.5. The van der Waals surface area contributed by atoms with Crippen LogP contribution in [0, 0.1) is 6.92 Å². The van der Waals surface area contributed by atoms with Gasteiger partial charge in [-0.2, -0.15) is 0 Å². The van der Waals surface area contributed by atoms with Gasteiger partial charge in [0.05, 0.1) is 11.7 Å². The van der Waals surface area contributed by atoms with Gasteiger partial charge in [-0.15, -0.1) is 11.3 Å². The van der Waals surface area contributed by atoms with Crippen LogP contribution in [0.2, 0.25) is 0 Å². The van der Waals surface area contributed by atoms with Crippen molar-refractivity contribution in [3.05, 3.63) is 21.4 Å². The molecule has 1 aromatic rings. The van der Waals surface area contributed by atoms with Gasteiger partial charge in [0, 0.05) is 35.9 Å². The van der Waals surface area contributed by atoms with Crippen molar-refractivity contribution in [3.8, 4) is 0 Å². The molecule has 0 bridgehead atoms. The van der Waals surface area contributed by atoms with Crippen LogP contribution in [0.5, 0.6) is 0 Å². The summed E-state index contributed by atoms with van der Waals surface area (Å²) in [6, 6.07) is 2.38. The summed E-state index contributed by atoms with van der Waals surface area (Å²) >= 11 is 1.93. The van der Waals surface area contributed by atoms with Gasteiger partial charge in [-0.05, 0) is 52.3 Å². The molecule has 0 aliphatic carbocycles. The Morgan fingerprint density at radius 3 is 2.90 bits per heavy atom. The van der Waals surface area contributed by atoms with Crippen molar-refractivity contribution in [2.24, 2.45) is 0 Å². The Labute approximate surface area is 133 Å². The number of nitrogens with zero attached hydrogens (tertiary/aromatic N) is 1. The van der Waals surface area contributed by atoms with Gasteiger partial charge in [0.25, 0.3) is 0 Å². The Morgan fingerprint density at radius 2 is 2.24 bits per heavy atom. The smallest absolute Gasteiger partial charge is 0.0757 e. The fraction of sp³-hybridized carbons (Fsp3) is 0.765. The van der Waals surface area contributed by atoms with E-state index in [2.05, 4.69) is 50.9 Å². The van der Waals surface area contributed by atoms with Gasteiger partial charge < -0.3 is 10.1 Å². The highest BCUT2D eigenvalue weighted by Crippen LogP contribution is 2.26. The molecule has 1 N–H and O–H groups in total. The maximum Gasteiger partial charge on any atom is 0.0757 e. The summed E-state index contributed by atoms with van der Waals surface area (Å²) in [6.45, 7) is 16.2. The van der Waals surface area contributed by atoms with Crippen molar-refractivity contribution in [3.63, 3.8) is 0 Å². The van der Waals surface area contributed by atoms with E-state index < -0.39 is 0 Å². The number of hydrogen-bond donors (Lipinski definition) is 1. The Balaban J connectivity index is 1.96. The van der Waals surface area contributed by atoms with Crippen LogP contribution in [0.25, 0.3) is 0 Å². The van der Waals surface area contributed by atoms with Crippen LogP contribution in [0.3, 0.4) is 0 Å². The van der Waals surface area contributed by atoms with E-state index in [4.69, 9.17) is 4.74 Å². The minimum absolute atomic E-state index is 0.0346. The van der Waals surface area contributed by atoms with Gasteiger partial charge in [0.15, 0.2) is 0 Å². The highest BCUT2D eigenvalue weighted by atomic mass is 32.1. The van der Waals surface area contributed by atoms with Gasteiger partial charge in [-0.25, -0.2) is 0 Å². The molecule has 0 spiro atoms. The van der Waals surface area contributed by atoms with Crippen LogP contribution in [-0.4, -0.2) is 36.2 Å². The molecule has 2 heterocycles. The molecule has 0 amide bonds. The Kier molecular flexibility index (Phi) is 5.83. The van der Waals surface area contributed by atoms with Gasteiger partial charge in [-0.1, -0.05) is 6.92 Å². The second kappa shape index (κ2) is 7.23. The van der Waals surface area contributed by atoms with Crippen molar-refractivity contribution in [1.29, 1.82) is 0 Å². The van der Waals surface area contributed by atoms with Crippen LogP contribution >= 0.6 is 11.3 Å². The standard InChI is InChI=1S/C17H30N2OS/c1-6-7-18-9-16-8-15(14(3)21-16)11-19-10-13(2)20-17(4,5)12-19/h8,13,18H,6-7,9-12H2,1-5H3. The number of thiophene rings is 1. The fourth-order valence-corrected chi connectivity index (χ4v) is 4.19. The molecule has 1 saturated heterocycles. The molecule has 1 aromatic heterocycles. The third kappa shape index (κ3) is 5.06. The van der Waals surface area contributed by atoms with E-state index in [0.717, 1.165) is 32.7 Å². The number of aryl methyl sites for hydroxylation is 1. The maximum atomic E-state index is 5.99. The molecule has 0 radical (unpaired) electrons. The van der Waals surface area contributed by atoms with Crippen LogP contribution in [0.15, 0.2) is 6.07 Å². The van der Waals surface area contributed by atoms with Gasteiger partial charge in [0.2, 0.25) is 0 Å². The summed E-state index contributed by atoms with van der Waals surface area (Å²) in [6.07, 6.45) is 1.51. The van der Waals surface area contributed by atoms with E-state index in [1.807, 2.05) is 11.3 Å². The second-order valence-electron chi connectivity index (χ2n) is 6.83. The lowest BCUT2D eigenvalue weighted by atomic mass is 10.0. The zero-order valence-electron chi connectivity index (χ0n) is 14.2. The maximum absolute atomic E-state index is 5.99. The van der Waals surface area contributed by atoms with Crippen molar-refractivity contribution >= 4 is 11.3 Å². The normalized spacial score (nSPS) is 22.6. The summed E-state index contributed by atoms with van der Waals surface area (Å²) in [5.74, 6) is 0. The highest BCUT2D eigenvalue weighted by molar-refractivity contribution is 7.12. The fourth-order valence-electron chi connectivity index (χ4n) is 3.17. The first-order valence-corrected chi connectivity index (χ1v) is 8.90. The van der Waals surface area contributed by atoms with E-state index in [-0.39, 0.29) is 5.60 Å². The number of nitrogens with one attached hydrogen (secondary N) is 1. The van der Waals surface area contributed by atoms with Crippen molar-refractivity contribution in [2.45, 2.75) is 65.8 Å². The summed E-state index contributed by atoms with van der Waals surface area (Å²) in [7, 11) is 0. The zero-order valence-corrected chi connectivity index (χ0v) is 15.0. The van der Waals surface area contributed by atoms with Crippen LogP contribution in [-0.2, 0) is 17.8 Å². The molecule has 21 heavy (non-hydrogen) atoms. The lowest BCUT2D eigenvalue weighted by Crippen LogP contribution is -2.51. The van der Waals surface area contributed by atoms with E-state index >= 15 is 0 Å². The number of morpholine rings is 1. The van der Waals surface area contributed by atoms with Crippen molar-refractivity contribution < 1.29 is 4.74 Å². The quantitative estimate of drug-likeness (QED) is 0.813. The van der Waals surface area contributed by atoms with E-state index in [1.54, 1.807) is 0 Å². The van der Waals surface area contributed by atoms with E-state index in [0.29, 0.717) is 6.10 Å². The van der Waals surface area contributed by atoms with Crippen molar-refractivity contribution in [1.82, 2.24) is 10.2 Å². The number of rotatable bonds is 6.